The van der Waals surface area contributed by atoms with Crippen LogP contribution in [-0.2, 0) is 0 Å². The van der Waals surface area contributed by atoms with Crippen molar-refractivity contribution in [2.75, 3.05) is 6.26 Å². The standard InChI is InChI=1S/C16H15FOS/c1-19-12-6-7-13-14(9-16(18)15(13)8-12)10-2-4-11(17)5-3-10/h2-8,14,16,18H,9H2,1H3/t14-,16-/m1/s1. The Hall–Kier alpha value is -1.32. The van der Waals surface area contributed by atoms with Crippen LogP contribution in [-0.4, -0.2) is 11.4 Å². The molecule has 0 aromatic heterocycles. The molecule has 0 aliphatic heterocycles. The molecule has 98 valence electrons. The van der Waals surface area contributed by atoms with E-state index < -0.39 is 6.10 Å². The minimum Gasteiger partial charge on any atom is -0.388 e. The molecule has 0 unspecified atom stereocenters. The van der Waals surface area contributed by atoms with Gasteiger partial charge < -0.3 is 5.11 Å². The Labute approximate surface area is 116 Å². The lowest BCUT2D eigenvalue weighted by molar-refractivity contribution is 0.176. The van der Waals surface area contributed by atoms with Crippen molar-refractivity contribution in [3.63, 3.8) is 0 Å². The van der Waals surface area contributed by atoms with E-state index in [9.17, 15) is 9.50 Å². The first-order valence-electron chi connectivity index (χ1n) is 6.30. The van der Waals surface area contributed by atoms with Crippen LogP contribution in [0.2, 0.25) is 0 Å². The molecule has 0 bridgehead atoms. The van der Waals surface area contributed by atoms with E-state index in [0.29, 0.717) is 6.42 Å². The van der Waals surface area contributed by atoms with Crippen LogP contribution in [0.15, 0.2) is 47.4 Å². The van der Waals surface area contributed by atoms with E-state index in [1.54, 1.807) is 11.8 Å². The van der Waals surface area contributed by atoms with E-state index in [1.165, 1.54) is 12.1 Å². The molecule has 1 aliphatic carbocycles. The van der Waals surface area contributed by atoms with E-state index in [-0.39, 0.29) is 11.7 Å². The molecular formula is C16H15FOS. The van der Waals surface area contributed by atoms with Crippen LogP contribution in [0.5, 0.6) is 0 Å². The van der Waals surface area contributed by atoms with Gasteiger partial charge in [-0.1, -0.05) is 18.2 Å². The number of thioether (sulfide) groups is 1. The summed E-state index contributed by atoms with van der Waals surface area (Å²) in [5.74, 6) is -0.0539. The summed E-state index contributed by atoms with van der Waals surface area (Å²) in [4.78, 5) is 1.16. The molecule has 1 nitrogen and oxygen atoms in total. The van der Waals surface area contributed by atoms with E-state index >= 15 is 0 Å². The highest BCUT2D eigenvalue weighted by Crippen LogP contribution is 2.44. The number of hydrogen-bond donors (Lipinski definition) is 1. The van der Waals surface area contributed by atoms with E-state index in [4.69, 9.17) is 0 Å². The van der Waals surface area contributed by atoms with Crippen LogP contribution in [0.1, 0.15) is 35.1 Å². The normalized spacial score (nSPS) is 21.4. The predicted molar refractivity (Wildman–Crippen MR) is 76.0 cm³/mol. The zero-order valence-electron chi connectivity index (χ0n) is 10.6. The van der Waals surface area contributed by atoms with Crippen molar-refractivity contribution in [2.24, 2.45) is 0 Å². The summed E-state index contributed by atoms with van der Waals surface area (Å²) >= 11 is 1.68. The lowest BCUT2D eigenvalue weighted by atomic mass is 9.93. The summed E-state index contributed by atoms with van der Waals surface area (Å²) in [6.07, 6.45) is 2.29. The number of hydrogen-bond acceptors (Lipinski definition) is 2. The molecule has 0 saturated carbocycles. The molecule has 2 atom stereocenters. The van der Waals surface area contributed by atoms with Gasteiger partial charge in [0.15, 0.2) is 0 Å². The maximum absolute atomic E-state index is 13.0. The fourth-order valence-corrected chi connectivity index (χ4v) is 3.22. The average molecular weight is 274 g/mol. The molecule has 1 aliphatic rings. The van der Waals surface area contributed by atoms with Gasteiger partial charge in [0.25, 0.3) is 0 Å². The molecule has 2 aromatic rings. The molecule has 0 saturated heterocycles. The average Bonchev–Trinajstić information content (AvgIpc) is 2.76. The van der Waals surface area contributed by atoms with Crippen LogP contribution >= 0.6 is 11.8 Å². The van der Waals surface area contributed by atoms with Crippen LogP contribution in [0.25, 0.3) is 0 Å². The van der Waals surface area contributed by atoms with Gasteiger partial charge in [0.2, 0.25) is 0 Å². The van der Waals surface area contributed by atoms with Gasteiger partial charge in [0.05, 0.1) is 6.10 Å². The second-order valence-corrected chi connectivity index (χ2v) is 5.73. The molecule has 0 fully saturated rings. The SMILES string of the molecule is CSc1ccc2c(c1)[C@H](O)C[C@@H]2c1ccc(F)cc1. The van der Waals surface area contributed by atoms with Crippen LogP contribution < -0.4 is 0 Å². The highest BCUT2D eigenvalue weighted by molar-refractivity contribution is 7.98. The number of benzene rings is 2. The van der Waals surface area contributed by atoms with Crippen molar-refractivity contribution in [3.8, 4) is 0 Å². The lowest BCUT2D eigenvalue weighted by Gasteiger charge is -2.12. The maximum atomic E-state index is 13.0. The number of halogens is 1. The van der Waals surface area contributed by atoms with Crippen molar-refractivity contribution in [1.82, 2.24) is 0 Å². The van der Waals surface area contributed by atoms with Gasteiger partial charge >= 0.3 is 0 Å². The van der Waals surface area contributed by atoms with Crippen LogP contribution in [0, 0.1) is 5.82 Å². The summed E-state index contributed by atoms with van der Waals surface area (Å²) < 4.78 is 13.0. The molecule has 0 radical (unpaired) electrons. The largest absolute Gasteiger partial charge is 0.388 e. The van der Waals surface area contributed by atoms with Gasteiger partial charge in [-0.3, -0.25) is 0 Å². The van der Waals surface area contributed by atoms with E-state index in [2.05, 4.69) is 18.2 Å². The molecule has 2 aromatic carbocycles. The first kappa shape index (κ1) is 12.7. The van der Waals surface area contributed by atoms with Crippen LogP contribution in [0.3, 0.4) is 0 Å². The van der Waals surface area contributed by atoms with Gasteiger partial charge in [-0.2, -0.15) is 0 Å². The number of fused-ring (bicyclic) bond motifs is 1. The predicted octanol–water partition coefficient (Wildman–Crippen LogP) is 4.12. The highest BCUT2D eigenvalue weighted by atomic mass is 32.2. The number of rotatable bonds is 2. The first-order valence-corrected chi connectivity index (χ1v) is 7.53. The molecule has 0 heterocycles. The highest BCUT2D eigenvalue weighted by Gasteiger charge is 2.30. The third-order valence-corrected chi connectivity index (χ3v) is 4.49. The monoisotopic (exact) mass is 274 g/mol. The Kier molecular flexibility index (Phi) is 3.33. The third-order valence-electron chi connectivity index (χ3n) is 3.76. The zero-order valence-corrected chi connectivity index (χ0v) is 11.5. The quantitative estimate of drug-likeness (QED) is 0.831. The Balaban J connectivity index is 2.02. The molecule has 3 heteroatoms. The Morgan fingerprint density at radius 1 is 1.11 bits per heavy atom. The van der Waals surface area contributed by atoms with E-state index in [1.807, 2.05) is 18.4 Å². The van der Waals surface area contributed by atoms with E-state index in [0.717, 1.165) is 21.6 Å². The fourth-order valence-electron chi connectivity index (χ4n) is 2.77. The molecule has 0 spiro atoms. The van der Waals surface area contributed by atoms with Gasteiger partial charge in [-0.05, 0) is 53.6 Å². The van der Waals surface area contributed by atoms with Crippen molar-refractivity contribution in [2.45, 2.75) is 23.3 Å². The maximum Gasteiger partial charge on any atom is 0.123 e. The summed E-state index contributed by atoms with van der Waals surface area (Å²) in [7, 11) is 0. The van der Waals surface area contributed by atoms with Gasteiger partial charge in [0.1, 0.15) is 5.82 Å². The second-order valence-electron chi connectivity index (χ2n) is 4.85. The molecular weight excluding hydrogens is 259 g/mol. The van der Waals surface area contributed by atoms with Crippen molar-refractivity contribution in [1.29, 1.82) is 0 Å². The topological polar surface area (TPSA) is 20.2 Å². The fraction of sp³-hybridized carbons (Fsp3) is 0.250. The zero-order chi connectivity index (χ0) is 13.4. The molecule has 1 N–H and O–H groups in total. The third kappa shape index (κ3) is 2.28. The molecule has 19 heavy (non-hydrogen) atoms. The minimum absolute atomic E-state index is 0.168. The van der Waals surface area contributed by atoms with Crippen LogP contribution in [0.4, 0.5) is 4.39 Å². The summed E-state index contributed by atoms with van der Waals surface area (Å²) in [6, 6.07) is 12.8. The summed E-state index contributed by atoms with van der Waals surface area (Å²) in [5.41, 5.74) is 3.24. The lowest BCUT2D eigenvalue weighted by Crippen LogP contribution is -1.96. The molecule has 0 amide bonds. The summed E-state index contributed by atoms with van der Waals surface area (Å²) in [5, 5.41) is 10.2. The minimum atomic E-state index is -0.419. The van der Waals surface area contributed by atoms with Crippen molar-refractivity contribution >= 4 is 11.8 Å². The number of aliphatic hydroxyl groups is 1. The Morgan fingerprint density at radius 3 is 2.53 bits per heavy atom. The summed E-state index contributed by atoms with van der Waals surface area (Å²) in [6.45, 7) is 0. The van der Waals surface area contributed by atoms with Crippen molar-refractivity contribution < 1.29 is 9.50 Å². The first-order chi connectivity index (χ1) is 9.19. The van der Waals surface area contributed by atoms with Gasteiger partial charge in [-0.25, -0.2) is 4.39 Å². The Morgan fingerprint density at radius 2 is 1.84 bits per heavy atom. The van der Waals surface area contributed by atoms with Crippen molar-refractivity contribution in [3.05, 3.63) is 65.0 Å². The van der Waals surface area contributed by atoms with Gasteiger partial charge in [-0.15, -0.1) is 11.8 Å². The second kappa shape index (κ2) is 4.99. The Bertz CT molecular complexity index is 594. The smallest absolute Gasteiger partial charge is 0.123 e. The number of aliphatic hydroxyl groups excluding tert-OH is 1. The van der Waals surface area contributed by atoms with Gasteiger partial charge in [0, 0.05) is 10.8 Å². The molecule has 3 rings (SSSR count).